The summed E-state index contributed by atoms with van der Waals surface area (Å²) in [5.41, 5.74) is 7.64. The van der Waals surface area contributed by atoms with Crippen molar-refractivity contribution in [2.24, 2.45) is 0 Å². The number of alkyl halides is 1. The monoisotopic (exact) mass is 413 g/mol. The van der Waals surface area contributed by atoms with Gasteiger partial charge in [0.15, 0.2) is 5.78 Å². The molecule has 4 heteroatoms. The van der Waals surface area contributed by atoms with E-state index in [1.807, 2.05) is 13.0 Å². The van der Waals surface area contributed by atoms with Gasteiger partial charge in [0, 0.05) is 22.9 Å². The van der Waals surface area contributed by atoms with Crippen LogP contribution >= 0.6 is 27.3 Å². The van der Waals surface area contributed by atoms with Gasteiger partial charge in [-0.2, -0.15) is 0 Å². The molecule has 0 spiro atoms. The first-order chi connectivity index (χ1) is 12.0. The Hall–Kier alpha value is -1.78. The van der Waals surface area contributed by atoms with Gasteiger partial charge >= 0.3 is 0 Å². The molecule has 25 heavy (non-hydrogen) atoms. The van der Waals surface area contributed by atoms with Crippen molar-refractivity contribution in [2.45, 2.75) is 27.2 Å². The summed E-state index contributed by atoms with van der Waals surface area (Å²) in [6, 6.07) is 12.6. The fourth-order valence-corrected chi connectivity index (χ4v) is 3.98. The first-order valence-electron chi connectivity index (χ1n) is 8.18. The Morgan fingerprint density at radius 3 is 2.48 bits per heavy atom. The van der Waals surface area contributed by atoms with Gasteiger partial charge in [-0.1, -0.05) is 51.8 Å². The average molecular weight is 414 g/mol. The van der Waals surface area contributed by atoms with E-state index in [4.69, 9.17) is 4.98 Å². The average Bonchev–Trinajstić information content (AvgIpc) is 3.06. The molecule has 0 aliphatic rings. The molecule has 3 rings (SSSR count). The van der Waals surface area contributed by atoms with E-state index in [2.05, 4.69) is 65.5 Å². The number of carbonyl (C=O) groups is 1. The second-order valence-corrected chi connectivity index (χ2v) is 7.82. The third-order valence-electron chi connectivity index (χ3n) is 4.35. The summed E-state index contributed by atoms with van der Waals surface area (Å²) in [6.07, 6.45) is 0.798. The van der Waals surface area contributed by atoms with E-state index < -0.39 is 0 Å². The number of hydrogen-bond donors (Lipinski definition) is 0. The van der Waals surface area contributed by atoms with Gasteiger partial charge in [0.1, 0.15) is 0 Å². The second-order valence-electron chi connectivity index (χ2n) is 6.32. The minimum absolute atomic E-state index is 0.128. The molecule has 0 saturated carbocycles. The molecule has 0 aliphatic heterocycles. The fourth-order valence-electron chi connectivity index (χ4n) is 2.85. The van der Waals surface area contributed by atoms with Crippen LogP contribution in [0.5, 0.6) is 0 Å². The summed E-state index contributed by atoms with van der Waals surface area (Å²) in [5.74, 6) is 0.128. The molecule has 3 aromatic rings. The van der Waals surface area contributed by atoms with Gasteiger partial charge < -0.3 is 0 Å². The highest BCUT2D eigenvalue weighted by atomic mass is 79.9. The zero-order valence-corrected chi connectivity index (χ0v) is 17.0. The maximum Gasteiger partial charge on any atom is 0.173 e. The number of carbonyl (C=O) groups excluding carboxylic acids is 1. The van der Waals surface area contributed by atoms with Crippen molar-refractivity contribution >= 4 is 33.0 Å². The minimum atomic E-state index is 0.128. The highest BCUT2D eigenvalue weighted by Gasteiger charge is 2.12. The molecular formula is C21H20BrNOS. The molecule has 128 valence electrons. The van der Waals surface area contributed by atoms with Crippen LogP contribution in [-0.4, -0.2) is 16.1 Å². The molecule has 0 aliphatic carbocycles. The molecule has 2 nitrogen and oxygen atoms in total. The highest BCUT2D eigenvalue weighted by molar-refractivity contribution is 9.09. The van der Waals surface area contributed by atoms with Crippen LogP contribution in [0.3, 0.4) is 0 Å². The lowest BCUT2D eigenvalue weighted by molar-refractivity contribution is 0.102. The lowest BCUT2D eigenvalue weighted by atomic mass is 9.96. The SMILES string of the molecule is Cc1ccc(-c2csc(Cc3cc(C)c(C(=O)CBr)cc3C)n2)cc1. The topological polar surface area (TPSA) is 30.0 Å². The van der Waals surface area contributed by atoms with Gasteiger partial charge in [0.2, 0.25) is 0 Å². The first-order valence-corrected chi connectivity index (χ1v) is 10.2. The van der Waals surface area contributed by atoms with Crippen LogP contribution in [0.25, 0.3) is 11.3 Å². The predicted octanol–water partition coefficient (Wildman–Crippen LogP) is 5.90. The molecule has 1 aromatic heterocycles. The zero-order chi connectivity index (χ0) is 18.0. The number of halogens is 1. The lowest BCUT2D eigenvalue weighted by Gasteiger charge is -2.10. The summed E-state index contributed by atoms with van der Waals surface area (Å²) in [7, 11) is 0. The van der Waals surface area contributed by atoms with Gasteiger partial charge in [-0.25, -0.2) is 4.98 Å². The van der Waals surface area contributed by atoms with E-state index in [0.29, 0.717) is 5.33 Å². The maximum atomic E-state index is 12.0. The van der Waals surface area contributed by atoms with E-state index in [0.717, 1.165) is 39.4 Å². The second kappa shape index (κ2) is 7.63. The number of aromatic nitrogens is 1. The molecular weight excluding hydrogens is 394 g/mol. The largest absolute Gasteiger partial charge is 0.293 e. The number of hydrogen-bond acceptors (Lipinski definition) is 3. The number of Topliss-reactive ketones (excluding diaryl/α,β-unsaturated/α-hetero) is 1. The maximum absolute atomic E-state index is 12.0. The highest BCUT2D eigenvalue weighted by Crippen LogP contribution is 2.26. The van der Waals surface area contributed by atoms with E-state index in [9.17, 15) is 4.79 Å². The van der Waals surface area contributed by atoms with Gasteiger partial charge in [-0.15, -0.1) is 11.3 Å². The molecule has 0 fully saturated rings. The van der Waals surface area contributed by atoms with Crippen LogP contribution in [-0.2, 0) is 6.42 Å². The van der Waals surface area contributed by atoms with Crippen LogP contribution in [0.2, 0.25) is 0 Å². The van der Waals surface area contributed by atoms with Crippen LogP contribution in [0, 0.1) is 20.8 Å². The minimum Gasteiger partial charge on any atom is -0.293 e. The third kappa shape index (κ3) is 4.07. The summed E-state index contributed by atoms with van der Waals surface area (Å²) in [6.45, 7) is 6.15. The summed E-state index contributed by atoms with van der Waals surface area (Å²) in [5, 5.41) is 3.57. The molecule has 1 heterocycles. The van der Waals surface area contributed by atoms with Gasteiger partial charge in [-0.3, -0.25) is 4.79 Å². The summed E-state index contributed by atoms with van der Waals surface area (Å²) >= 11 is 4.94. The molecule has 2 aromatic carbocycles. The Morgan fingerprint density at radius 1 is 1.08 bits per heavy atom. The van der Waals surface area contributed by atoms with E-state index in [1.165, 1.54) is 11.1 Å². The van der Waals surface area contributed by atoms with Gasteiger partial charge in [0.25, 0.3) is 0 Å². The van der Waals surface area contributed by atoms with Crippen molar-refractivity contribution in [3.63, 3.8) is 0 Å². The van der Waals surface area contributed by atoms with E-state index >= 15 is 0 Å². The van der Waals surface area contributed by atoms with Crippen molar-refractivity contribution in [1.82, 2.24) is 4.98 Å². The van der Waals surface area contributed by atoms with Crippen LogP contribution in [0.4, 0.5) is 0 Å². The molecule has 0 radical (unpaired) electrons. The van der Waals surface area contributed by atoms with Crippen molar-refractivity contribution in [3.05, 3.63) is 74.6 Å². The molecule has 0 atom stereocenters. The number of nitrogens with zero attached hydrogens (tertiary/aromatic N) is 1. The van der Waals surface area contributed by atoms with Crippen molar-refractivity contribution < 1.29 is 4.79 Å². The summed E-state index contributed by atoms with van der Waals surface area (Å²) in [4.78, 5) is 16.8. The first kappa shape index (κ1) is 18.0. The number of thiazole rings is 1. The quantitative estimate of drug-likeness (QED) is 0.384. The summed E-state index contributed by atoms with van der Waals surface area (Å²) < 4.78 is 0. The molecule has 0 saturated heterocycles. The normalized spacial score (nSPS) is 10.9. The number of aryl methyl sites for hydroxylation is 3. The molecule has 0 amide bonds. The number of rotatable bonds is 5. The lowest BCUT2D eigenvalue weighted by Crippen LogP contribution is -2.05. The van der Waals surface area contributed by atoms with Crippen molar-refractivity contribution in [2.75, 3.05) is 5.33 Å². The van der Waals surface area contributed by atoms with Crippen LogP contribution < -0.4 is 0 Å². The number of benzene rings is 2. The smallest absolute Gasteiger partial charge is 0.173 e. The number of ketones is 1. The third-order valence-corrected chi connectivity index (χ3v) is 5.70. The van der Waals surface area contributed by atoms with E-state index in [1.54, 1.807) is 11.3 Å². The molecule has 0 N–H and O–H groups in total. The van der Waals surface area contributed by atoms with Gasteiger partial charge in [0.05, 0.1) is 16.0 Å². The van der Waals surface area contributed by atoms with E-state index in [-0.39, 0.29) is 5.78 Å². The van der Waals surface area contributed by atoms with Crippen molar-refractivity contribution in [3.8, 4) is 11.3 Å². The van der Waals surface area contributed by atoms with Crippen LogP contribution in [0.1, 0.15) is 37.6 Å². The Balaban J connectivity index is 1.85. The molecule has 0 unspecified atom stereocenters. The van der Waals surface area contributed by atoms with Crippen molar-refractivity contribution in [1.29, 1.82) is 0 Å². The fraction of sp³-hybridized carbons (Fsp3) is 0.238. The van der Waals surface area contributed by atoms with Crippen LogP contribution in [0.15, 0.2) is 41.8 Å². The Kier molecular flexibility index (Phi) is 5.50. The Bertz CT molecular complexity index is 912. The van der Waals surface area contributed by atoms with Gasteiger partial charge in [-0.05, 0) is 43.5 Å². The zero-order valence-electron chi connectivity index (χ0n) is 14.6. The molecule has 0 bridgehead atoms. The predicted molar refractivity (Wildman–Crippen MR) is 109 cm³/mol. The standard InChI is InChI=1S/C21H20BrNOS/c1-13-4-6-16(7-5-13)19-12-25-21(23-19)10-17-8-15(3)18(9-14(17)2)20(24)11-22/h4-9,12H,10-11H2,1-3H3. The Labute approximate surface area is 161 Å². The Morgan fingerprint density at radius 2 is 1.80 bits per heavy atom.